The number of halogens is 3. The van der Waals surface area contributed by atoms with Crippen LogP contribution in [0.5, 0.6) is 0 Å². The average molecular weight is 301 g/mol. The van der Waals surface area contributed by atoms with E-state index in [2.05, 4.69) is 10.6 Å². The van der Waals surface area contributed by atoms with Crippen molar-refractivity contribution in [2.75, 3.05) is 30.4 Å². The molecule has 4 nitrogen and oxygen atoms in total. The van der Waals surface area contributed by atoms with E-state index in [0.717, 1.165) is 6.07 Å². The van der Waals surface area contributed by atoms with E-state index >= 15 is 0 Å². The molecule has 0 spiro atoms. The number of rotatable bonds is 4. The molecule has 21 heavy (non-hydrogen) atoms. The van der Waals surface area contributed by atoms with Crippen molar-refractivity contribution in [1.29, 1.82) is 0 Å². The molecule has 1 fully saturated rings. The van der Waals surface area contributed by atoms with Gasteiger partial charge >= 0.3 is 6.18 Å². The number of para-hydroxylation sites is 1. The minimum absolute atomic E-state index is 0.0885. The van der Waals surface area contributed by atoms with Crippen LogP contribution in [0.1, 0.15) is 18.4 Å². The predicted molar refractivity (Wildman–Crippen MR) is 75.4 cm³/mol. The number of anilines is 2. The van der Waals surface area contributed by atoms with E-state index in [0.29, 0.717) is 38.0 Å². The Kier molecular flexibility index (Phi) is 4.72. The molecule has 1 saturated heterocycles. The van der Waals surface area contributed by atoms with Crippen LogP contribution in [0, 0.1) is 0 Å². The van der Waals surface area contributed by atoms with Crippen LogP contribution in [0.4, 0.5) is 24.5 Å². The lowest BCUT2D eigenvalue weighted by atomic mass is 10.0. The lowest BCUT2D eigenvalue weighted by Crippen LogP contribution is -2.43. The van der Waals surface area contributed by atoms with Gasteiger partial charge in [0.1, 0.15) is 0 Å². The molecule has 116 valence electrons. The van der Waals surface area contributed by atoms with Crippen molar-refractivity contribution in [1.82, 2.24) is 5.32 Å². The van der Waals surface area contributed by atoms with Gasteiger partial charge in [-0.05, 0) is 38.1 Å². The number of piperidine rings is 1. The summed E-state index contributed by atoms with van der Waals surface area (Å²) in [5, 5.41) is 5.88. The second kappa shape index (κ2) is 6.34. The van der Waals surface area contributed by atoms with Gasteiger partial charge in [-0.1, -0.05) is 6.07 Å². The molecule has 1 aliphatic heterocycles. The number of nitrogens with one attached hydrogen (secondary N) is 2. The van der Waals surface area contributed by atoms with E-state index in [1.165, 1.54) is 11.0 Å². The Morgan fingerprint density at radius 3 is 2.52 bits per heavy atom. The van der Waals surface area contributed by atoms with Crippen molar-refractivity contribution in [3.8, 4) is 0 Å². The van der Waals surface area contributed by atoms with Crippen LogP contribution in [-0.2, 0) is 11.0 Å². The normalized spacial score (nSPS) is 16.6. The van der Waals surface area contributed by atoms with E-state index in [-0.39, 0.29) is 11.7 Å². The summed E-state index contributed by atoms with van der Waals surface area (Å²) in [6, 6.07) is 3.67. The van der Waals surface area contributed by atoms with Crippen LogP contribution in [0.2, 0.25) is 0 Å². The van der Waals surface area contributed by atoms with Gasteiger partial charge in [0.25, 0.3) is 0 Å². The van der Waals surface area contributed by atoms with Crippen molar-refractivity contribution in [3.63, 3.8) is 0 Å². The summed E-state index contributed by atoms with van der Waals surface area (Å²) in [7, 11) is 1.55. The highest BCUT2D eigenvalue weighted by atomic mass is 19.4. The van der Waals surface area contributed by atoms with Crippen LogP contribution < -0.4 is 15.5 Å². The summed E-state index contributed by atoms with van der Waals surface area (Å²) < 4.78 is 39.7. The maximum atomic E-state index is 13.2. The van der Waals surface area contributed by atoms with Gasteiger partial charge in [-0.2, -0.15) is 13.2 Å². The zero-order valence-corrected chi connectivity index (χ0v) is 11.7. The predicted octanol–water partition coefficient (Wildman–Crippen LogP) is 2.46. The molecule has 2 N–H and O–H groups in total. The summed E-state index contributed by atoms with van der Waals surface area (Å²) >= 11 is 0. The minimum Gasteiger partial charge on any atom is -0.386 e. The van der Waals surface area contributed by atoms with Crippen molar-refractivity contribution < 1.29 is 18.0 Å². The summed E-state index contributed by atoms with van der Waals surface area (Å²) in [5.41, 5.74) is -0.579. The molecule has 0 aromatic heterocycles. The molecule has 7 heteroatoms. The molecular formula is C14H18F3N3O. The third-order valence-corrected chi connectivity index (χ3v) is 3.68. The Hall–Kier alpha value is -1.76. The maximum absolute atomic E-state index is 13.2. The van der Waals surface area contributed by atoms with Crippen LogP contribution in [0.25, 0.3) is 0 Å². The second-order valence-corrected chi connectivity index (χ2v) is 4.94. The number of hydrogen-bond donors (Lipinski definition) is 2. The molecule has 1 aromatic carbocycles. The maximum Gasteiger partial charge on any atom is 0.418 e. The first-order valence-corrected chi connectivity index (χ1v) is 6.81. The van der Waals surface area contributed by atoms with Crippen LogP contribution in [0.15, 0.2) is 18.2 Å². The molecule has 0 unspecified atom stereocenters. The quantitative estimate of drug-likeness (QED) is 0.840. The third-order valence-electron chi connectivity index (χ3n) is 3.68. The fraction of sp³-hybridized carbons (Fsp3) is 0.500. The Labute approximate surface area is 121 Å². The molecule has 1 amide bonds. The van der Waals surface area contributed by atoms with Gasteiger partial charge < -0.3 is 15.5 Å². The summed E-state index contributed by atoms with van der Waals surface area (Å²) in [6.45, 7) is 1.39. The molecule has 1 aromatic rings. The zero-order chi connectivity index (χ0) is 15.5. The van der Waals surface area contributed by atoms with Gasteiger partial charge in [-0.3, -0.25) is 4.79 Å². The van der Waals surface area contributed by atoms with Crippen molar-refractivity contribution >= 4 is 17.8 Å². The second-order valence-electron chi connectivity index (χ2n) is 4.94. The SMILES string of the molecule is CNc1cccc(C(F)(F)F)c1N(C=O)C1CCNCC1. The standard InChI is InChI=1S/C14H18F3N3O/c1-18-12-4-2-3-11(14(15,16)17)13(12)20(9-21)10-5-7-19-8-6-10/h2-4,9-10,18-19H,5-8H2,1H3. The number of benzene rings is 1. The Morgan fingerprint density at radius 1 is 1.33 bits per heavy atom. The highest BCUT2D eigenvalue weighted by molar-refractivity contribution is 5.86. The first-order chi connectivity index (χ1) is 9.99. The van der Waals surface area contributed by atoms with E-state index in [1.807, 2.05) is 0 Å². The zero-order valence-electron chi connectivity index (χ0n) is 11.7. The van der Waals surface area contributed by atoms with Crippen LogP contribution >= 0.6 is 0 Å². The number of alkyl halides is 3. The molecule has 2 rings (SSSR count). The topological polar surface area (TPSA) is 44.4 Å². The van der Waals surface area contributed by atoms with E-state index in [9.17, 15) is 18.0 Å². The van der Waals surface area contributed by atoms with Gasteiger partial charge in [-0.15, -0.1) is 0 Å². The van der Waals surface area contributed by atoms with E-state index < -0.39 is 11.7 Å². The van der Waals surface area contributed by atoms with Gasteiger partial charge in [-0.25, -0.2) is 0 Å². The summed E-state index contributed by atoms with van der Waals surface area (Å²) in [4.78, 5) is 12.7. The monoisotopic (exact) mass is 301 g/mol. The fourth-order valence-electron chi connectivity index (χ4n) is 2.66. The van der Waals surface area contributed by atoms with E-state index in [1.54, 1.807) is 13.1 Å². The van der Waals surface area contributed by atoms with Crippen molar-refractivity contribution in [2.45, 2.75) is 25.1 Å². The summed E-state index contributed by atoms with van der Waals surface area (Å²) in [6.07, 6.45) is -2.74. The largest absolute Gasteiger partial charge is 0.418 e. The highest BCUT2D eigenvalue weighted by Crippen LogP contribution is 2.41. The minimum atomic E-state index is -4.50. The first-order valence-electron chi connectivity index (χ1n) is 6.81. The van der Waals surface area contributed by atoms with Crippen molar-refractivity contribution in [3.05, 3.63) is 23.8 Å². The number of carbonyl (C=O) groups excluding carboxylic acids is 1. The van der Waals surface area contributed by atoms with Crippen LogP contribution in [-0.4, -0.2) is 32.6 Å². The number of amides is 1. The third kappa shape index (κ3) is 3.29. The lowest BCUT2D eigenvalue weighted by molar-refractivity contribution is -0.137. The highest BCUT2D eigenvalue weighted by Gasteiger charge is 2.37. The van der Waals surface area contributed by atoms with Crippen molar-refractivity contribution in [2.24, 2.45) is 0 Å². The molecule has 0 saturated carbocycles. The molecule has 0 atom stereocenters. The Bertz CT molecular complexity index is 499. The number of hydrogen-bond acceptors (Lipinski definition) is 3. The molecule has 0 aliphatic carbocycles. The Balaban J connectivity index is 2.50. The van der Waals surface area contributed by atoms with Gasteiger partial charge in [0, 0.05) is 13.1 Å². The molecule has 1 aliphatic rings. The summed E-state index contributed by atoms with van der Waals surface area (Å²) in [5.74, 6) is 0. The molecule has 1 heterocycles. The Morgan fingerprint density at radius 2 is 2.00 bits per heavy atom. The molecule has 0 bridgehead atoms. The number of nitrogens with zero attached hydrogens (tertiary/aromatic N) is 1. The van der Waals surface area contributed by atoms with Gasteiger partial charge in [0.2, 0.25) is 6.41 Å². The molecule has 0 radical (unpaired) electrons. The lowest BCUT2D eigenvalue weighted by Gasteiger charge is -2.34. The average Bonchev–Trinajstić information content (AvgIpc) is 2.48. The van der Waals surface area contributed by atoms with E-state index in [4.69, 9.17) is 0 Å². The smallest absolute Gasteiger partial charge is 0.386 e. The fourth-order valence-corrected chi connectivity index (χ4v) is 2.66. The number of carbonyl (C=O) groups is 1. The molecular weight excluding hydrogens is 283 g/mol. The van der Waals surface area contributed by atoms with Gasteiger partial charge in [0.05, 0.1) is 16.9 Å². The van der Waals surface area contributed by atoms with Gasteiger partial charge in [0.15, 0.2) is 0 Å². The first kappa shape index (κ1) is 15.6. The van der Waals surface area contributed by atoms with Crippen LogP contribution in [0.3, 0.4) is 0 Å².